The maximum absolute atomic E-state index is 2.44. The monoisotopic (exact) mass is 1220 g/mol. The summed E-state index contributed by atoms with van der Waals surface area (Å²) in [5, 5.41) is 15.1. The molecule has 0 aliphatic heterocycles. The number of benzene rings is 17. The molecule has 0 aliphatic rings. The third-order valence-corrected chi connectivity index (χ3v) is 19.6. The molecule has 0 bridgehead atoms. The average molecular weight is 1220 g/mol. The third-order valence-electron chi connectivity index (χ3n) is 19.6. The molecule has 0 fully saturated rings. The molecule has 0 N–H and O–H groups in total. The smallest absolute Gasteiger partial charge is 0.0541 e. The summed E-state index contributed by atoms with van der Waals surface area (Å²) in [4.78, 5) is 0. The molecule has 2 heterocycles. The first-order valence-electron chi connectivity index (χ1n) is 33.2. The van der Waals surface area contributed by atoms with Crippen LogP contribution in [0.1, 0.15) is 0 Å². The predicted molar refractivity (Wildman–Crippen MR) is 410 cm³/mol. The van der Waals surface area contributed by atoms with Crippen LogP contribution in [0.25, 0.3) is 176 Å². The Labute approximate surface area is 557 Å². The Hall–Kier alpha value is -12.6. The highest BCUT2D eigenvalue weighted by Gasteiger charge is 2.24. The minimum Gasteiger partial charge on any atom is -0.309 e. The van der Waals surface area contributed by atoms with Gasteiger partial charge in [0.25, 0.3) is 0 Å². The van der Waals surface area contributed by atoms with E-state index in [0.717, 1.165) is 5.69 Å². The molecule has 17 aromatic carbocycles. The Morgan fingerprint density at radius 2 is 0.427 bits per heavy atom. The van der Waals surface area contributed by atoms with E-state index in [4.69, 9.17) is 0 Å². The lowest BCUT2D eigenvalue weighted by Gasteiger charge is -2.22. The molecule has 0 saturated heterocycles. The van der Waals surface area contributed by atoms with Gasteiger partial charge in [-0.1, -0.05) is 315 Å². The second-order valence-electron chi connectivity index (χ2n) is 24.9. The number of hydrogen-bond donors (Lipinski definition) is 0. The zero-order chi connectivity index (χ0) is 63.5. The van der Waals surface area contributed by atoms with E-state index in [2.05, 4.69) is 385 Å². The van der Waals surface area contributed by atoms with E-state index >= 15 is 0 Å². The van der Waals surface area contributed by atoms with Gasteiger partial charge in [-0.25, -0.2) is 0 Å². The second kappa shape index (κ2) is 23.8. The van der Waals surface area contributed by atoms with Crippen LogP contribution in [-0.2, 0) is 0 Å². The highest BCUT2D eigenvalue weighted by Crippen LogP contribution is 2.50. The molecule has 96 heavy (non-hydrogen) atoms. The highest BCUT2D eigenvalue weighted by atomic mass is 15.0. The van der Waals surface area contributed by atoms with Crippen molar-refractivity contribution in [1.29, 1.82) is 0 Å². The minimum absolute atomic E-state index is 1.15. The number of rotatable bonds is 9. The van der Waals surface area contributed by atoms with Gasteiger partial charge in [0.2, 0.25) is 0 Å². The summed E-state index contributed by atoms with van der Waals surface area (Å²) in [7, 11) is 0. The summed E-state index contributed by atoms with van der Waals surface area (Å²) in [6, 6.07) is 137. The summed E-state index contributed by atoms with van der Waals surface area (Å²) in [5.74, 6) is 0. The van der Waals surface area contributed by atoms with Crippen molar-refractivity contribution in [2.24, 2.45) is 0 Å². The van der Waals surface area contributed by atoms with Gasteiger partial charge in [-0.15, -0.1) is 0 Å². The predicted octanol–water partition coefficient (Wildman–Crippen LogP) is 25.8. The highest BCUT2D eigenvalue weighted by molar-refractivity contribution is 6.25. The second-order valence-corrected chi connectivity index (χ2v) is 24.9. The van der Waals surface area contributed by atoms with Crippen LogP contribution in [0.5, 0.6) is 0 Å². The number of aromatic nitrogens is 2. The van der Waals surface area contributed by atoms with Crippen molar-refractivity contribution in [2.45, 2.75) is 0 Å². The largest absolute Gasteiger partial charge is 0.309 e. The van der Waals surface area contributed by atoms with Gasteiger partial charge in [-0.05, 0) is 182 Å². The summed E-state index contributed by atoms with van der Waals surface area (Å²) in [6.07, 6.45) is 0. The van der Waals surface area contributed by atoms with Gasteiger partial charge in [0.05, 0.1) is 22.1 Å². The van der Waals surface area contributed by atoms with Crippen molar-refractivity contribution >= 4 is 86.7 Å². The number of fused-ring (bicyclic) bond motifs is 10. The first kappa shape index (κ1) is 56.2. The molecular weight excluding hydrogens is 1160 g/mol. The molecular formula is C94H62N2. The van der Waals surface area contributed by atoms with Crippen molar-refractivity contribution < 1.29 is 0 Å². The molecule has 0 atom stereocenters. The summed E-state index contributed by atoms with van der Waals surface area (Å²) < 4.78 is 4.81. The maximum atomic E-state index is 2.44. The van der Waals surface area contributed by atoms with Crippen molar-refractivity contribution in [2.75, 3.05) is 0 Å². The Morgan fingerprint density at radius 1 is 0.135 bits per heavy atom. The third kappa shape index (κ3) is 9.49. The molecule has 0 amide bonds. The quantitative estimate of drug-likeness (QED) is 0.128. The van der Waals surface area contributed by atoms with Crippen LogP contribution < -0.4 is 0 Å². The fraction of sp³-hybridized carbons (Fsp3) is 0. The van der Waals surface area contributed by atoms with Gasteiger partial charge in [-0.3, -0.25) is 0 Å². The summed E-state index contributed by atoms with van der Waals surface area (Å²) in [5.41, 5.74) is 24.5. The fourth-order valence-corrected chi connectivity index (χ4v) is 15.4. The fourth-order valence-electron chi connectivity index (χ4n) is 15.4. The van der Waals surface area contributed by atoms with Gasteiger partial charge >= 0.3 is 0 Å². The van der Waals surface area contributed by atoms with Crippen molar-refractivity contribution in [3.05, 3.63) is 376 Å². The summed E-state index contributed by atoms with van der Waals surface area (Å²) >= 11 is 0. The van der Waals surface area contributed by atoms with E-state index in [1.54, 1.807) is 0 Å². The molecule has 2 nitrogen and oxygen atoms in total. The van der Waals surface area contributed by atoms with Gasteiger partial charge < -0.3 is 9.13 Å². The Morgan fingerprint density at radius 3 is 0.917 bits per heavy atom. The first-order chi connectivity index (χ1) is 47.7. The summed E-state index contributed by atoms with van der Waals surface area (Å²) in [6.45, 7) is 0. The van der Waals surface area contributed by atoms with E-state index in [-0.39, 0.29) is 0 Å². The van der Waals surface area contributed by atoms with E-state index in [0.29, 0.717) is 0 Å². The van der Waals surface area contributed by atoms with E-state index < -0.39 is 0 Å². The molecule has 2 aromatic heterocycles. The Bertz CT molecular complexity index is 6110. The topological polar surface area (TPSA) is 9.86 Å². The van der Waals surface area contributed by atoms with Crippen LogP contribution >= 0.6 is 0 Å². The molecule has 0 saturated carbocycles. The molecule has 0 spiro atoms. The molecule has 0 aliphatic carbocycles. The van der Waals surface area contributed by atoms with Crippen molar-refractivity contribution in [3.8, 4) is 89.3 Å². The maximum Gasteiger partial charge on any atom is 0.0541 e. The van der Waals surface area contributed by atoms with Crippen LogP contribution in [0.3, 0.4) is 0 Å². The van der Waals surface area contributed by atoms with Gasteiger partial charge in [0.1, 0.15) is 0 Å². The normalized spacial score (nSPS) is 11.5. The average Bonchev–Trinajstić information content (AvgIpc) is 1.11. The van der Waals surface area contributed by atoms with Crippen molar-refractivity contribution in [1.82, 2.24) is 9.13 Å². The first-order valence-corrected chi connectivity index (χ1v) is 33.2. The Balaban J connectivity index is 0.000000141. The van der Waals surface area contributed by atoms with Crippen LogP contribution in [-0.4, -0.2) is 9.13 Å². The van der Waals surface area contributed by atoms with Crippen LogP contribution in [0.2, 0.25) is 0 Å². The number of para-hydroxylation sites is 4. The molecule has 448 valence electrons. The SMILES string of the molecule is c1ccc(-c2c3ccccc3c(-c3ccccc3)c3cc(-c4ccc5c(c4)c4ccccc4n5-c4ccccc4)ccc23)cc1.c1ccc(-c2ccccc2-c2c3ccccc3c(-c3ccccc3-c3ccccc3)c3cc(-n4c5ccccc5c5ccccc54)ccc23)cc1. The lowest BCUT2D eigenvalue weighted by molar-refractivity contribution is 1.18. The van der Waals surface area contributed by atoms with E-state index in [9.17, 15) is 0 Å². The van der Waals surface area contributed by atoms with Crippen molar-refractivity contribution in [3.63, 3.8) is 0 Å². The minimum atomic E-state index is 1.15. The zero-order valence-electron chi connectivity index (χ0n) is 52.7. The number of nitrogens with zero attached hydrogens (tertiary/aromatic N) is 2. The number of hydrogen-bond acceptors (Lipinski definition) is 0. The molecule has 2 heteroatoms. The lowest BCUT2D eigenvalue weighted by atomic mass is 9.82. The molecule has 19 aromatic rings. The van der Waals surface area contributed by atoms with Crippen LogP contribution in [0.4, 0.5) is 0 Å². The van der Waals surface area contributed by atoms with Gasteiger partial charge in [0.15, 0.2) is 0 Å². The Kier molecular flexibility index (Phi) is 13.9. The molecule has 19 rings (SSSR count). The van der Waals surface area contributed by atoms with E-state index in [1.165, 1.54) is 170 Å². The zero-order valence-corrected chi connectivity index (χ0v) is 52.7. The van der Waals surface area contributed by atoms with Crippen LogP contribution in [0, 0.1) is 0 Å². The van der Waals surface area contributed by atoms with E-state index in [1.807, 2.05) is 0 Å². The van der Waals surface area contributed by atoms with Gasteiger partial charge in [-0.2, -0.15) is 0 Å². The lowest BCUT2D eigenvalue weighted by Crippen LogP contribution is -1.97. The molecule has 0 unspecified atom stereocenters. The standard InChI is InChI=1S/C50H33N.C44H29N/c1-3-17-34(18-4-1)37-21-7-9-25-41(37)49-43-27-11-12-28-44(43)50(42-26-10-8-22-38(42)35-19-5-2-6-20-35)46-33-36(31-32-45(46)49)51-47-29-15-13-23-39(47)40-24-14-16-30-48(40)51;1-4-14-30(15-5-1)43-36-21-10-11-22-37(36)44(31-16-6-2-7-17-31)40-29-32(24-26-38(40)43)33-25-27-42-39(28-33)35-20-12-13-23-41(35)45(42)34-18-8-3-9-19-34/h1-33H;1-29H. The van der Waals surface area contributed by atoms with Gasteiger partial charge in [0, 0.05) is 32.9 Å². The van der Waals surface area contributed by atoms with Crippen LogP contribution in [0.15, 0.2) is 376 Å². The molecule has 0 radical (unpaired) electrons.